The Balaban J connectivity index is 1.96. The second kappa shape index (κ2) is 7.29. The molecule has 1 N–H and O–H groups in total. The average Bonchev–Trinajstić information content (AvgIpc) is 2.92. The molecule has 0 spiro atoms. The zero-order chi connectivity index (χ0) is 15.2. The van der Waals surface area contributed by atoms with Crippen molar-refractivity contribution in [3.05, 3.63) is 24.0 Å². The minimum Gasteiger partial charge on any atom is -0.367 e. The van der Waals surface area contributed by atoms with E-state index in [1.54, 1.807) is 18.5 Å². The summed E-state index contributed by atoms with van der Waals surface area (Å²) in [6, 6.07) is 1.79. The van der Waals surface area contributed by atoms with E-state index in [9.17, 15) is 9.59 Å². The largest absolute Gasteiger partial charge is 0.367 e. The Labute approximate surface area is 126 Å². The van der Waals surface area contributed by atoms with Crippen LogP contribution < -0.4 is 0 Å². The lowest BCUT2D eigenvalue weighted by molar-refractivity contribution is -0.135. The van der Waals surface area contributed by atoms with Crippen LogP contribution in [-0.4, -0.2) is 52.8 Å². The molecule has 0 aromatic carbocycles. The number of hydrogen-bond donors (Lipinski definition) is 1. The number of aromatic amines is 1. The maximum absolute atomic E-state index is 12.4. The van der Waals surface area contributed by atoms with Crippen LogP contribution in [0, 0.1) is 5.92 Å². The van der Waals surface area contributed by atoms with Gasteiger partial charge in [-0.2, -0.15) is 0 Å². The summed E-state index contributed by atoms with van der Waals surface area (Å²) in [5, 5.41) is 0. The highest BCUT2D eigenvalue weighted by molar-refractivity contribution is 5.94. The van der Waals surface area contributed by atoms with E-state index in [0.717, 1.165) is 32.4 Å². The molecule has 2 heterocycles. The number of H-pyrrole nitrogens is 1. The molecule has 0 bridgehead atoms. The van der Waals surface area contributed by atoms with Crippen molar-refractivity contribution in [1.82, 2.24) is 14.8 Å². The molecular weight excluding hydrogens is 266 g/mol. The number of amides is 2. The molecule has 2 rings (SSSR count). The summed E-state index contributed by atoms with van der Waals surface area (Å²) in [6.07, 6.45) is 6.10. The molecule has 0 radical (unpaired) electrons. The van der Waals surface area contributed by atoms with E-state index in [4.69, 9.17) is 0 Å². The van der Waals surface area contributed by atoms with E-state index in [1.165, 1.54) is 0 Å². The maximum Gasteiger partial charge on any atom is 0.255 e. The van der Waals surface area contributed by atoms with Crippen LogP contribution in [0.15, 0.2) is 18.5 Å². The number of carbonyl (C=O) groups is 2. The van der Waals surface area contributed by atoms with Gasteiger partial charge in [-0.3, -0.25) is 9.59 Å². The van der Waals surface area contributed by atoms with Gasteiger partial charge in [0.25, 0.3) is 5.91 Å². The van der Waals surface area contributed by atoms with E-state index in [0.29, 0.717) is 18.7 Å². The molecule has 1 saturated heterocycles. The quantitative estimate of drug-likeness (QED) is 0.924. The number of nitrogens with zero attached hydrogens (tertiary/aromatic N) is 2. The van der Waals surface area contributed by atoms with E-state index in [1.807, 2.05) is 9.80 Å². The summed E-state index contributed by atoms with van der Waals surface area (Å²) in [5.41, 5.74) is 0.690. The zero-order valence-corrected chi connectivity index (χ0v) is 13.0. The predicted molar refractivity (Wildman–Crippen MR) is 82.0 cm³/mol. The van der Waals surface area contributed by atoms with Crippen LogP contribution in [0.4, 0.5) is 0 Å². The molecule has 5 heteroatoms. The molecule has 2 amide bonds. The fourth-order valence-electron chi connectivity index (χ4n) is 2.88. The molecule has 116 valence electrons. The lowest BCUT2D eigenvalue weighted by Crippen LogP contribution is -2.39. The molecule has 1 aliphatic rings. The first-order valence-corrected chi connectivity index (χ1v) is 7.88. The normalized spacial score (nSPS) is 16.1. The summed E-state index contributed by atoms with van der Waals surface area (Å²) in [7, 11) is 0. The summed E-state index contributed by atoms with van der Waals surface area (Å²) >= 11 is 0. The highest BCUT2D eigenvalue weighted by atomic mass is 16.2. The second-order valence-electron chi connectivity index (χ2n) is 5.58. The molecule has 5 nitrogen and oxygen atoms in total. The van der Waals surface area contributed by atoms with Crippen molar-refractivity contribution >= 4 is 11.8 Å². The number of nitrogens with one attached hydrogen (secondary N) is 1. The third-order valence-corrected chi connectivity index (χ3v) is 4.27. The zero-order valence-electron chi connectivity index (χ0n) is 13.0. The molecule has 1 fully saturated rings. The van der Waals surface area contributed by atoms with Crippen LogP contribution in [0.5, 0.6) is 0 Å². The number of aromatic nitrogens is 1. The SMILES string of the molecule is CCC(CC)C(=O)N1CCCN(C(=O)c2cc[nH]c2)CC1. The van der Waals surface area contributed by atoms with Crippen molar-refractivity contribution in [2.24, 2.45) is 5.92 Å². The van der Waals surface area contributed by atoms with Gasteiger partial charge in [-0.05, 0) is 25.3 Å². The summed E-state index contributed by atoms with van der Waals surface area (Å²) in [5.74, 6) is 0.418. The van der Waals surface area contributed by atoms with Crippen molar-refractivity contribution in [3.63, 3.8) is 0 Å². The lowest BCUT2D eigenvalue weighted by atomic mass is 10.0. The van der Waals surface area contributed by atoms with E-state index in [-0.39, 0.29) is 17.7 Å². The van der Waals surface area contributed by atoms with Crippen LogP contribution in [0.2, 0.25) is 0 Å². The first-order chi connectivity index (χ1) is 10.2. The topological polar surface area (TPSA) is 56.4 Å². The number of hydrogen-bond acceptors (Lipinski definition) is 2. The third kappa shape index (κ3) is 3.65. The number of rotatable bonds is 4. The maximum atomic E-state index is 12.4. The van der Waals surface area contributed by atoms with Gasteiger partial charge in [-0.1, -0.05) is 13.8 Å². The first kappa shape index (κ1) is 15.6. The van der Waals surface area contributed by atoms with Gasteiger partial charge >= 0.3 is 0 Å². The van der Waals surface area contributed by atoms with Crippen LogP contribution >= 0.6 is 0 Å². The van der Waals surface area contributed by atoms with Gasteiger partial charge in [0.05, 0.1) is 5.56 Å². The summed E-state index contributed by atoms with van der Waals surface area (Å²) in [6.45, 7) is 6.86. The molecule has 0 aliphatic carbocycles. The third-order valence-electron chi connectivity index (χ3n) is 4.27. The van der Waals surface area contributed by atoms with Crippen molar-refractivity contribution < 1.29 is 9.59 Å². The molecular formula is C16H25N3O2. The molecule has 0 unspecified atom stereocenters. The molecule has 1 aliphatic heterocycles. The van der Waals surface area contributed by atoms with Gasteiger partial charge < -0.3 is 14.8 Å². The lowest BCUT2D eigenvalue weighted by Gasteiger charge is -2.25. The van der Waals surface area contributed by atoms with Crippen LogP contribution in [-0.2, 0) is 4.79 Å². The number of carbonyl (C=O) groups excluding carboxylic acids is 2. The highest BCUT2D eigenvalue weighted by Crippen LogP contribution is 2.15. The van der Waals surface area contributed by atoms with Crippen molar-refractivity contribution in [1.29, 1.82) is 0 Å². The van der Waals surface area contributed by atoms with Gasteiger partial charge in [-0.25, -0.2) is 0 Å². The van der Waals surface area contributed by atoms with Gasteiger partial charge in [0.2, 0.25) is 5.91 Å². The van der Waals surface area contributed by atoms with E-state index < -0.39 is 0 Å². The fraction of sp³-hybridized carbons (Fsp3) is 0.625. The minimum atomic E-state index is 0.0492. The molecule has 1 aromatic rings. The smallest absolute Gasteiger partial charge is 0.255 e. The minimum absolute atomic E-state index is 0.0492. The van der Waals surface area contributed by atoms with Gasteiger partial charge in [0, 0.05) is 44.5 Å². The van der Waals surface area contributed by atoms with Gasteiger partial charge in [-0.15, -0.1) is 0 Å². The predicted octanol–water partition coefficient (Wildman–Crippen LogP) is 2.13. The van der Waals surface area contributed by atoms with Gasteiger partial charge in [0.1, 0.15) is 0 Å². The Kier molecular flexibility index (Phi) is 5.42. The van der Waals surface area contributed by atoms with Crippen LogP contribution in [0.25, 0.3) is 0 Å². The Morgan fingerprint density at radius 1 is 1.14 bits per heavy atom. The second-order valence-corrected chi connectivity index (χ2v) is 5.58. The van der Waals surface area contributed by atoms with Crippen molar-refractivity contribution in [2.75, 3.05) is 26.2 Å². The summed E-state index contributed by atoms with van der Waals surface area (Å²) < 4.78 is 0. The standard InChI is InChI=1S/C16H25N3O2/c1-3-13(4-2)15(20)18-8-5-9-19(11-10-18)16(21)14-6-7-17-12-14/h6-7,12-13,17H,3-5,8-11H2,1-2H3. The fourth-order valence-corrected chi connectivity index (χ4v) is 2.88. The summed E-state index contributed by atoms with van der Waals surface area (Å²) in [4.78, 5) is 31.5. The average molecular weight is 291 g/mol. The Hall–Kier alpha value is -1.78. The van der Waals surface area contributed by atoms with Crippen molar-refractivity contribution in [3.8, 4) is 0 Å². The Morgan fingerprint density at radius 3 is 2.43 bits per heavy atom. The Morgan fingerprint density at radius 2 is 1.81 bits per heavy atom. The first-order valence-electron chi connectivity index (χ1n) is 7.88. The van der Waals surface area contributed by atoms with E-state index in [2.05, 4.69) is 18.8 Å². The molecule has 1 aromatic heterocycles. The van der Waals surface area contributed by atoms with Crippen LogP contribution in [0.1, 0.15) is 43.5 Å². The Bertz CT molecular complexity index is 466. The van der Waals surface area contributed by atoms with Gasteiger partial charge in [0.15, 0.2) is 0 Å². The molecule has 0 saturated carbocycles. The van der Waals surface area contributed by atoms with E-state index >= 15 is 0 Å². The van der Waals surface area contributed by atoms with Crippen molar-refractivity contribution in [2.45, 2.75) is 33.1 Å². The molecule has 0 atom stereocenters. The monoisotopic (exact) mass is 291 g/mol. The highest BCUT2D eigenvalue weighted by Gasteiger charge is 2.25. The van der Waals surface area contributed by atoms with Crippen LogP contribution in [0.3, 0.4) is 0 Å². The molecule has 21 heavy (non-hydrogen) atoms.